The van der Waals surface area contributed by atoms with Crippen LogP contribution in [0.2, 0.25) is 5.02 Å². The second kappa shape index (κ2) is 3.51. The van der Waals surface area contributed by atoms with Gasteiger partial charge in [0.1, 0.15) is 0 Å². The molecule has 1 aromatic heterocycles. The number of rotatable bonds is 1. The van der Waals surface area contributed by atoms with Crippen LogP contribution < -0.4 is 5.56 Å². The molecule has 0 fully saturated rings. The van der Waals surface area contributed by atoms with Gasteiger partial charge < -0.3 is 4.98 Å². The molecule has 0 aliphatic rings. The van der Waals surface area contributed by atoms with Crippen LogP contribution in [0.1, 0.15) is 17.3 Å². The average Bonchev–Trinajstić information content (AvgIpc) is 2.18. The van der Waals surface area contributed by atoms with Gasteiger partial charge in [0.25, 0.3) is 0 Å². The second-order valence-electron chi connectivity index (χ2n) is 3.30. The quantitative estimate of drug-likeness (QED) is 0.752. The number of aromatic amines is 1. The van der Waals surface area contributed by atoms with E-state index in [9.17, 15) is 9.59 Å². The van der Waals surface area contributed by atoms with Crippen LogP contribution in [0.15, 0.2) is 29.1 Å². The summed E-state index contributed by atoms with van der Waals surface area (Å²) < 4.78 is 0. The van der Waals surface area contributed by atoms with Crippen molar-refractivity contribution in [2.24, 2.45) is 0 Å². The Balaban J connectivity index is 2.84. The summed E-state index contributed by atoms with van der Waals surface area (Å²) in [5.41, 5.74) is 0.897. The summed E-state index contributed by atoms with van der Waals surface area (Å²) in [6.45, 7) is 1.48. The van der Waals surface area contributed by atoms with Crippen LogP contribution in [0.4, 0.5) is 0 Å². The van der Waals surface area contributed by atoms with E-state index in [2.05, 4.69) is 4.98 Å². The molecule has 0 aliphatic carbocycles. The fourth-order valence-corrected chi connectivity index (χ4v) is 1.70. The minimum absolute atomic E-state index is 0.0509. The maximum Gasteiger partial charge on any atom is 0.248 e. The third-order valence-corrected chi connectivity index (χ3v) is 2.49. The molecule has 0 saturated heterocycles. The molecular formula is C11H8ClNO2. The summed E-state index contributed by atoms with van der Waals surface area (Å²) in [4.78, 5) is 24.9. The van der Waals surface area contributed by atoms with Gasteiger partial charge in [-0.05, 0) is 25.1 Å². The van der Waals surface area contributed by atoms with E-state index < -0.39 is 0 Å². The van der Waals surface area contributed by atoms with Crippen molar-refractivity contribution in [2.75, 3.05) is 0 Å². The number of hydrogen-bond acceptors (Lipinski definition) is 2. The topological polar surface area (TPSA) is 49.9 Å². The van der Waals surface area contributed by atoms with Crippen molar-refractivity contribution in [3.05, 3.63) is 45.2 Å². The molecule has 1 N–H and O–H groups in total. The Morgan fingerprint density at radius 1 is 1.33 bits per heavy atom. The van der Waals surface area contributed by atoms with E-state index in [0.29, 0.717) is 16.1 Å². The minimum Gasteiger partial charge on any atom is -0.321 e. The molecule has 76 valence electrons. The Labute approximate surface area is 90.7 Å². The first-order valence-electron chi connectivity index (χ1n) is 4.41. The second-order valence-corrected chi connectivity index (χ2v) is 3.71. The Morgan fingerprint density at radius 2 is 2.07 bits per heavy atom. The number of aromatic nitrogens is 1. The summed E-state index contributed by atoms with van der Waals surface area (Å²) in [7, 11) is 0. The number of halogens is 1. The Hall–Kier alpha value is -1.61. The van der Waals surface area contributed by atoms with Gasteiger partial charge in [-0.25, -0.2) is 0 Å². The predicted molar refractivity (Wildman–Crippen MR) is 59.6 cm³/mol. The van der Waals surface area contributed by atoms with E-state index in [0.717, 1.165) is 5.39 Å². The van der Waals surface area contributed by atoms with Crippen LogP contribution in [0.5, 0.6) is 0 Å². The van der Waals surface area contributed by atoms with Gasteiger partial charge in [-0.2, -0.15) is 0 Å². The molecule has 0 amide bonds. The van der Waals surface area contributed by atoms with Gasteiger partial charge in [0, 0.05) is 17.0 Å². The number of ketones is 1. The highest BCUT2D eigenvalue weighted by Gasteiger charge is 2.05. The maximum atomic E-state index is 11.2. The van der Waals surface area contributed by atoms with Gasteiger partial charge in [0.15, 0.2) is 5.78 Å². The first-order chi connectivity index (χ1) is 7.08. The van der Waals surface area contributed by atoms with Crippen LogP contribution in [-0.2, 0) is 0 Å². The van der Waals surface area contributed by atoms with Crippen molar-refractivity contribution in [1.82, 2.24) is 4.98 Å². The molecule has 1 heterocycles. The molecule has 4 heteroatoms. The highest BCUT2D eigenvalue weighted by atomic mass is 35.5. The van der Waals surface area contributed by atoms with Crippen molar-refractivity contribution in [3.63, 3.8) is 0 Å². The van der Waals surface area contributed by atoms with Crippen LogP contribution in [0.25, 0.3) is 10.9 Å². The largest absolute Gasteiger partial charge is 0.321 e. The Morgan fingerprint density at radius 3 is 2.73 bits per heavy atom. The Bertz CT molecular complexity index is 601. The van der Waals surface area contributed by atoms with Gasteiger partial charge in [-0.1, -0.05) is 11.6 Å². The van der Waals surface area contributed by atoms with Crippen LogP contribution in [0.3, 0.4) is 0 Å². The lowest BCUT2D eigenvalue weighted by Crippen LogP contribution is -2.03. The maximum absolute atomic E-state index is 11.2. The summed E-state index contributed by atoms with van der Waals surface area (Å²) >= 11 is 5.96. The van der Waals surface area contributed by atoms with Crippen LogP contribution in [0, 0.1) is 0 Å². The number of H-pyrrole nitrogens is 1. The number of carbonyl (C=O) groups is 1. The van der Waals surface area contributed by atoms with Crippen molar-refractivity contribution in [3.8, 4) is 0 Å². The first kappa shape index (κ1) is 9.93. The van der Waals surface area contributed by atoms with Gasteiger partial charge in [-0.15, -0.1) is 0 Å². The van der Waals surface area contributed by atoms with Gasteiger partial charge in [0.2, 0.25) is 5.56 Å². The highest BCUT2D eigenvalue weighted by Crippen LogP contribution is 2.22. The number of pyridine rings is 1. The number of fused-ring (bicyclic) bond motifs is 1. The fourth-order valence-electron chi connectivity index (χ4n) is 1.42. The summed E-state index contributed by atoms with van der Waals surface area (Å²) in [5.74, 6) is -0.0509. The molecule has 2 aromatic rings. The SMILES string of the molecule is CC(=O)c1cc(Cl)c2[nH]c(=O)ccc2c1. The van der Waals surface area contributed by atoms with Crippen molar-refractivity contribution >= 4 is 28.3 Å². The van der Waals surface area contributed by atoms with Crippen LogP contribution >= 0.6 is 11.6 Å². The van der Waals surface area contributed by atoms with E-state index >= 15 is 0 Å². The minimum atomic E-state index is -0.208. The zero-order chi connectivity index (χ0) is 11.0. The molecule has 1 aromatic carbocycles. The van der Waals surface area contributed by atoms with Gasteiger partial charge >= 0.3 is 0 Å². The van der Waals surface area contributed by atoms with Crippen LogP contribution in [-0.4, -0.2) is 10.8 Å². The molecule has 0 radical (unpaired) electrons. The standard InChI is InChI=1S/C11H8ClNO2/c1-6(14)8-4-7-2-3-10(15)13-11(7)9(12)5-8/h2-5H,1H3,(H,13,15). The van der Waals surface area contributed by atoms with E-state index in [1.165, 1.54) is 13.0 Å². The lowest BCUT2D eigenvalue weighted by Gasteiger charge is -2.02. The highest BCUT2D eigenvalue weighted by molar-refractivity contribution is 6.35. The fraction of sp³-hybridized carbons (Fsp3) is 0.0909. The number of hydrogen-bond donors (Lipinski definition) is 1. The summed E-state index contributed by atoms with van der Waals surface area (Å²) in [5, 5.41) is 1.14. The normalized spacial score (nSPS) is 10.5. The molecule has 0 unspecified atom stereocenters. The third-order valence-electron chi connectivity index (χ3n) is 2.19. The predicted octanol–water partition coefficient (Wildman–Crippen LogP) is 2.38. The molecule has 0 saturated carbocycles. The average molecular weight is 222 g/mol. The molecule has 15 heavy (non-hydrogen) atoms. The summed E-state index contributed by atoms with van der Waals surface area (Å²) in [6.07, 6.45) is 0. The van der Waals surface area contributed by atoms with Crippen molar-refractivity contribution in [2.45, 2.75) is 6.92 Å². The molecule has 0 atom stereocenters. The van der Waals surface area contributed by atoms with Gasteiger partial charge in [-0.3, -0.25) is 9.59 Å². The smallest absolute Gasteiger partial charge is 0.248 e. The summed E-state index contributed by atoms with van der Waals surface area (Å²) in [6, 6.07) is 6.32. The zero-order valence-corrected chi connectivity index (χ0v) is 8.76. The number of carbonyl (C=O) groups excluding carboxylic acids is 1. The molecule has 3 nitrogen and oxygen atoms in total. The van der Waals surface area contributed by atoms with Crippen molar-refractivity contribution in [1.29, 1.82) is 0 Å². The zero-order valence-electron chi connectivity index (χ0n) is 8.00. The molecular weight excluding hydrogens is 214 g/mol. The van der Waals surface area contributed by atoms with E-state index in [1.54, 1.807) is 18.2 Å². The first-order valence-corrected chi connectivity index (χ1v) is 4.79. The van der Waals surface area contributed by atoms with Crippen molar-refractivity contribution < 1.29 is 4.79 Å². The lowest BCUT2D eigenvalue weighted by molar-refractivity contribution is 0.101. The molecule has 0 bridgehead atoms. The molecule has 0 spiro atoms. The lowest BCUT2D eigenvalue weighted by atomic mass is 10.1. The van der Waals surface area contributed by atoms with E-state index in [1.807, 2.05) is 0 Å². The Kier molecular flexibility index (Phi) is 2.32. The van der Waals surface area contributed by atoms with E-state index in [4.69, 9.17) is 11.6 Å². The molecule has 2 rings (SSSR count). The van der Waals surface area contributed by atoms with E-state index in [-0.39, 0.29) is 11.3 Å². The number of benzene rings is 1. The third kappa shape index (κ3) is 1.78. The number of nitrogens with one attached hydrogen (secondary N) is 1. The molecule has 0 aliphatic heterocycles. The monoisotopic (exact) mass is 221 g/mol. The number of Topliss-reactive ketones (excluding diaryl/α,β-unsaturated/α-hetero) is 1. The van der Waals surface area contributed by atoms with Gasteiger partial charge in [0.05, 0.1) is 10.5 Å².